The monoisotopic (exact) mass is 306 g/mol. The van der Waals surface area contributed by atoms with Crippen molar-refractivity contribution in [2.75, 3.05) is 6.54 Å². The Labute approximate surface area is 127 Å². The van der Waals surface area contributed by atoms with Crippen molar-refractivity contribution < 1.29 is 19.5 Å². The second-order valence-electron chi connectivity index (χ2n) is 4.59. The lowest BCUT2D eigenvalue weighted by atomic mass is 10.0. The van der Waals surface area contributed by atoms with Crippen LogP contribution in [0.15, 0.2) is 29.4 Å². The topological polar surface area (TPSA) is 134 Å². The quantitative estimate of drug-likeness (QED) is 0.387. The van der Waals surface area contributed by atoms with E-state index < -0.39 is 24.5 Å². The van der Waals surface area contributed by atoms with Gasteiger partial charge in [-0.1, -0.05) is 24.3 Å². The van der Waals surface area contributed by atoms with Crippen LogP contribution in [0.1, 0.15) is 18.1 Å². The maximum Gasteiger partial charge on any atom is 0.322 e. The first-order chi connectivity index (χ1) is 10.4. The van der Waals surface area contributed by atoms with Crippen LogP contribution in [-0.4, -0.2) is 41.7 Å². The second kappa shape index (κ2) is 8.53. The number of nitrogens with one attached hydrogen (secondary N) is 2. The van der Waals surface area contributed by atoms with E-state index in [1.165, 1.54) is 13.1 Å². The highest BCUT2D eigenvalue weighted by Gasteiger charge is 2.14. The fourth-order valence-electron chi connectivity index (χ4n) is 1.58. The average Bonchev–Trinajstić information content (AvgIpc) is 2.46. The second-order valence-corrected chi connectivity index (χ2v) is 4.59. The molecule has 0 bridgehead atoms. The summed E-state index contributed by atoms with van der Waals surface area (Å²) in [6.07, 6.45) is 1.78. The molecule has 0 radical (unpaired) electrons. The van der Waals surface area contributed by atoms with Crippen LogP contribution >= 0.6 is 0 Å². The molecule has 1 aromatic carbocycles. The van der Waals surface area contributed by atoms with Crippen LogP contribution in [0.5, 0.6) is 0 Å². The zero-order chi connectivity index (χ0) is 16.5. The zero-order valence-electron chi connectivity index (χ0n) is 12.1. The summed E-state index contributed by atoms with van der Waals surface area (Å²) in [6.45, 7) is 0.905. The molecule has 0 saturated carbocycles. The third-order valence-electron chi connectivity index (χ3n) is 2.62. The van der Waals surface area contributed by atoms with Crippen molar-refractivity contribution in [3.63, 3.8) is 0 Å². The van der Waals surface area contributed by atoms with Crippen molar-refractivity contribution in [1.29, 1.82) is 0 Å². The minimum Gasteiger partial charge on any atom is -0.480 e. The van der Waals surface area contributed by atoms with Crippen LogP contribution in [0, 0.1) is 0 Å². The van der Waals surface area contributed by atoms with Gasteiger partial charge in [-0.3, -0.25) is 14.4 Å². The largest absolute Gasteiger partial charge is 0.480 e. The summed E-state index contributed by atoms with van der Waals surface area (Å²) in [5.74, 6) is -1.90. The standard InChI is InChI=1S/C14H18N4O4/c1-9(19)18-17-7-11-4-2-10(3-5-11)6-12(15)14(22)16-8-13(20)21/h2-5,7,12H,6,8,15H2,1H3,(H,16,22)(H,18,19)(H,20,21). The van der Waals surface area contributed by atoms with Gasteiger partial charge in [-0.25, -0.2) is 5.43 Å². The van der Waals surface area contributed by atoms with E-state index in [9.17, 15) is 14.4 Å². The van der Waals surface area contributed by atoms with Crippen LogP contribution in [0.3, 0.4) is 0 Å². The molecule has 8 nitrogen and oxygen atoms in total. The molecule has 1 atom stereocenters. The van der Waals surface area contributed by atoms with Crippen molar-refractivity contribution in [2.24, 2.45) is 10.8 Å². The predicted molar refractivity (Wildman–Crippen MR) is 80.2 cm³/mol. The number of nitrogens with zero attached hydrogens (tertiary/aromatic N) is 1. The number of carbonyl (C=O) groups is 3. The molecule has 0 fully saturated rings. The van der Waals surface area contributed by atoms with Crippen LogP contribution in [0.4, 0.5) is 0 Å². The molecule has 1 rings (SSSR count). The number of amides is 2. The Kier molecular flexibility index (Phi) is 6.71. The Morgan fingerprint density at radius 2 is 1.95 bits per heavy atom. The minimum absolute atomic E-state index is 0.258. The molecule has 5 N–H and O–H groups in total. The van der Waals surface area contributed by atoms with E-state index in [0.29, 0.717) is 0 Å². The molecule has 118 valence electrons. The van der Waals surface area contributed by atoms with Gasteiger partial charge in [0.25, 0.3) is 0 Å². The number of carboxylic acids is 1. The van der Waals surface area contributed by atoms with E-state index in [-0.39, 0.29) is 12.3 Å². The number of nitrogens with two attached hydrogens (primary N) is 1. The van der Waals surface area contributed by atoms with E-state index in [2.05, 4.69) is 15.8 Å². The van der Waals surface area contributed by atoms with Gasteiger partial charge >= 0.3 is 5.97 Å². The van der Waals surface area contributed by atoms with Gasteiger partial charge in [0.05, 0.1) is 12.3 Å². The van der Waals surface area contributed by atoms with Gasteiger partial charge < -0.3 is 16.2 Å². The summed E-state index contributed by atoms with van der Waals surface area (Å²) in [4.78, 5) is 32.6. The number of aliphatic carboxylic acids is 1. The minimum atomic E-state index is -1.12. The van der Waals surface area contributed by atoms with Crippen molar-refractivity contribution in [3.05, 3.63) is 35.4 Å². The lowest BCUT2D eigenvalue weighted by Gasteiger charge is -2.11. The van der Waals surface area contributed by atoms with Crippen molar-refractivity contribution in [1.82, 2.24) is 10.7 Å². The molecule has 0 saturated heterocycles. The third kappa shape index (κ3) is 6.62. The van der Waals surface area contributed by atoms with Gasteiger partial charge in [0, 0.05) is 6.92 Å². The Hall–Kier alpha value is -2.74. The predicted octanol–water partition coefficient (Wildman–Crippen LogP) is -0.773. The van der Waals surface area contributed by atoms with Gasteiger partial charge in [-0.05, 0) is 17.5 Å². The molecular formula is C14H18N4O4. The van der Waals surface area contributed by atoms with Gasteiger partial charge in [-0.15, -0.1) is 0 Å². The molecule has 0 heterocycles. The summed E-state index contributed by atoms with van der Waals surface area (Å²) in [6, 6.07) is 6.27. The van der Waals surface area contributed by atoms with Crippen LogP contribution in [0.25, 0.3) is 0 Å². The lowest BCUT2D eigenvalue weighted by molar-refractivity contribution is -0.138. The molecule has 0 spiro atoms. The highest BCUT2D eigenvalue weighted by Crippen LogP contribution is 2.05. The fourth-order valence-corrected chi connectivity index (χ4v) is 1.58. The molecule has 2 amide bonds. The number of hydrogen-bond acceptors (Lipinski definition) is 5. The first-order valence-corrected chi connectivity index (χ1v) is 6.52. The molecule has 0 aromatic heterocycles. The van der Waals surface area contributed by atoms with E-state index in [1.54, 1.807) is 24.3 Å². The van der Waals surface area contributed by atoms with Crippen molar-refractivity contribution in [3.8, 4) is 0 Å². The van der Waals surface area contributed by atoms with E-state index in [0.717, 1.165) is 11.1 Å². The number of hydrogen-bond donors (Lipinski definition) is 4. The third-order valence-corrected chi connectivity index (χ3v) is 2.62. The lowest BCUT2D eigenvalue weighted by Crippen LogP contribution is -2.43. The molecule has 0 aliphatic rings. The normalized spacial score (nSPS) is 11.9. The number of benzene rings is 1. The number of carboxylic acid groups (broad SMARTS) is 1. The first-order valence-electron chi connectivity index (χ1n) is 6.52. The van der Waals surface area contributed by atoms with Crippen molar-refractivity contribution >= 4 is 24.0 Å². The number of hydrazone groups is 1. The molecule has 0 aliphatic heterocycles. The maximum absolute atomic E-state index is 11.6. The van der Waals surface area contributed by atoms with Crippen LogP contribution < -0.4 is 16.5 Å². The summed E-state index contributed by atoms with van der Waals surface area (Å²) < 4.78 is 0. The molecule has 0 aliphatic carbocycles. The van der Waals surface area contributed by atoms with Gasteiger partial charge in [0.1, 0.15) is 6.54 Å². The van der Waals surface area contributed by atoms with E-state index in [1.807, 2.05) is 0 Å². The highest BCUT2D eigenvalue weighted by atomic mass is 16.4. The van der Waals surface area contributed by atoms with Crippen LogP contribution in [-0.2, 0) is 20.8 Å². The summed E-state index contributed by atoms with van der Waals surface area (Å²) >= 11 is 0. The molecule has 22 heavy (non-hydrogen) atoms. The number of rotatable bonds is 7. The Morgan fingerprint density at radius 1 is 1.32 bits per heavy atom. The van der Waals surface area contributed by atoms with Crippen LogP contribution in [0.2, 0.25) is 0 Å². The summed E-state index contributed by atoms with van der Waals surface area (Å²) in [5, 5.41) is 14.4. The van der Waals surface area contributed by atoms with E-state index >= 15 is 0 Å². The Morgan fingerprint density at radius 3 is 2.50 bits per heavy atom. The SMILES string of the molecule is CC(=O)NN=Cc1ccc(CC(N)C(=O)NCC(=O)O)cc1. The summed E-state index contributed by atoms with van der Waals surface area (Å²) in [7, 11) is 0. The highest BCUT2D eigenvalue weighted by molar-refractivity contribution is 5.85. The first kappa shape index (κ1) is 17.3. The smallest absolute Gasteiger partial charge is 0.322 e. The summed E-state index contributed by atoms with van der Waals surface area (Å²) in [5.41, 5.74) is 9.60. The Bertz CT molecular complexity index is 569. The van der Waals surface area contributed by atoms with E-state index in [4.69, 9.17) is 10.8 Å². The molecule has 1 aromatic rings. The maximum atomic E-state index is 11.6. The van der Waals surface area contributed by atoms with Crippen molar-refractivity contribution in [2.45, 2.75) is 19.4 Å². The van der Waals surface area contributed by atoms with Gasteiger partial charge in [0.15, 0.2) is 0 Å². The average molecular weight is 306 g/mol. The molecule has 8 heteroatoms. The van der Waals surface area contributed by atoms with Gasteiger partial charge in [0.2, 0.25) is 11.8 Å². The Balaban J connectivity index is 2.52. The molecular weight excluding hydrogens is 288 g/mol. The molecule has 1 unspecified atom stereocenters. The zero-order valence-corrected chi connectivity index (χ0v) is 12.1. The fraction of sp³-hybridized carbons (Fsp3) is 0.286. The number of carbonyl (C=O) groups excluding carboxylic acids is 2. The van der Waals surface area contributed by atoms with Gasteiger partial charge in [-0.2, -0.15) is 5.10 Å².